The van der Waals surface area contributed by atoms with Crippen LogP contribution in [0, 0.1) is 6.92 Å². The molecule has 0 fully saturated rings. The van der Waals surface area contributed by atoms with Crippen molar-refractivity contribution in [1.82, 2.24) is 14.1 Å². The van der Waals surface area contributed by atoms with Crippen molar-refractivity contribution in [3.05, 3.63) is 52.8 Å². The third kappa shape index (κ3) is 2.94. The molecule has 3 rings (SSSR count). The predicted molar refractivity (Wildman–Crippen MR) is 87.7 cm³/mol. The summed E-state index contributed by atoms with van der Waals surface area (Å²) in [5.74, 6) is -0.812. The molecule has 1 aliphatic heterocycles. The van der Waals surface area contributed by atoms with Gasteiger partial charge in [0, 0.05) is 18.3 Å². The standard InChI is InChI=1S/C16H19N3O4S/c1-11-5-3-4-6-13(11)14(10-20)16(21)18-7-12-8-19(24(2,22)23)17-15(12)9-18/h3-6,8,14,20H,7,9-10H2,1-2H3/t14-/m0/s1. The van der Waals surface area contributed by atoms with Gasteiger partial charge in [-0.05, 0) is 18.1 Å². The molecule has 1 aromatic carbocycles. The molecule has 1 amide bonds. The van der Waals surface area contributed by atoms with Gasteiger partial charge in [0.1, 0.15) is 0 Å². The first-order valence-electron chi connectivity index (χ1n) is 7.54. The number of hydrogen-bond donors (Lipinski definition) is 1. The minimum Gasteiger partial charge on any atom is -0.395 e. The molecule has 1 aliphatic rings. The van der Waals surface area contributed by atoms with Crippen LogP contribution in [0.2, 0.25) is 0 Å². The Bertz CT molecular complexity index is 865. The zero-order valence-electron chi connectivity index (χ0n) is 13.5. The van der Waals surface area contributed by atoms with Crippen LogP contribution in [0.15, 0.2) is 30.5 Å². The highest BCUT2D eigenvalue weighted by molar-refractivity contribution is 7.89. The van der Waals surface area contributed by atoms with E-state index in [0.29, 0.717) is 12.2 Å². The van der Waals surface area contributed by atoms with E-state index in [1.54, 1.807) is 4.90 Å². The summed E-state index contributed by atoms with van der Waals surface area (Å²) in [5.41, 5.74) is 3.05. The summed E-state index contributed by atoms with van der Waals surface area (Å²) in [6, 6.07) is 7.47. The van der Waals surface area contributed by atoms with Crippen molar-refractivity contribution in [3.63, 3.8) is 0 Å². The number of aliphatic hydroxyl groups is 1. The van der Waals surface area contributed by atoms with Crippen LogP contribution >= 0.6 is 0 Å². The monoisotopic (exact) mass is 349 g/mol. The molecule has 0 radical (unpaired) electrons. The summed E-state index contributed by atoms with van der Waals surface area (Å²) < 4.78 is 24.0. The number of carbonyl (C=O) groups is 1. The lowest BCUT2D eigenvalue weighted by molar-refractivity contribution is -0.134. The van der Waals surface area contributed by atoms with Crippen LogP contribution in [-0.2, 0) is 27.9 Å². The van der Waals surface area contributed by atoms with Gasteiger partial charge in [-0.2, -0.15) is 9.19 Å². The number of hydrogen-bond acceptors (Lipinski definition) is 5. The second-order valence-electron chi connectivity index (χ2n) is 6.02. The summed E-state index contributed by atoms with van der Waals surface area (Å²) in [7, 11) is -3.43. The first-order valence-corrected chi connectivity index (χ1v) is 9.39. The minimum absolute atomic E-state index is 0.185. The van der Waals surface area contributed by atoms with Gasteiger partial charge >= 0.3 is 0 Å². The molecule has 0 saturated heterocycles. The molecule has 8 heteroatoms. The zero-order valence-corrected chi connectivity index (χ0v) is 14.3. The Labute approximate surface area is 140 Å². The van der Waals surface area contributed by atoms with Crippen LogP contribution in [0.4, 0.5) is 0 Å². The quantitative estimate of drug-likeness (QED) is 0.873. The second kappa shape index (κ2) is 6.03. The molecule has 1 N–H and O–H groups in total. The number of aromatic nitrogens is 2. The van der Waals surface area contributed by atoms with E-state index in [9.17, 15) is 18.3 Å². The van der Waals surface area contributed by atoms with Crippen LogP contribution in [-0.4, -0.2) is 46.4 Å². The SMILES string of the molecule is Cc1ccccc1[C@H](CO)C(=O)N1Cc2cn(S(C)(=O)=O)nc2C1. The topological polar surface area (TPSA) is 92.5 Å². The molecule has 0 bridgehead atoms. The Morgan fingerprint density at radius 1 is 1.33 bits per heavy atom. The third-order valence-corrected chi connectivity index (χ3v) is 5.12. The van der Waals surface area contributed by atoms with Crippen molar-refractivity contribution in [2.45, 2.75) is 25.9 Å². The fourth-order valence-electron chi connectivity index (χ4n) is 2.96. The molecule has 1 atom stereocenters. The lowest BCUT2D eigenvalue weighted by Gasteiger charge is -2.23. The second-order valence-corrected chi connectivity index (χ2v) is 7.86. The Morgan fingerprint density at radius 2 is 2.04 bits per heavy atom. The van der Waals surface area contributed by atoms with Crippen LogP contribution in [0.5, 0.6) is 0 Å². The van der Waals surface area contributed by atoms with E-state index in [1.807, 2.05) is 31.2 Å². The largest absolute Gasteiger partial charge is 0.395 e. The van der Waals surface area contributed by atoms with Crippen molar-refractivity contribution in [1.29, 1.82) is 0 Å². The van der Waals surface area contributed by atoms with Crippen molar-refractivity contribution in [3.8, 4) is 0 Å². The first kappa shape index (κ1) is 16.7. The van der Waals surface area contributed by atoms with Gasteiger partial charge in [-0.3, -0.25) is 4.79 Å². The number of fused-ring (bicyclic) bond motifs is 1. The molecular weight excluding hydrogens is 330 g/mol. The molecule has 1 aromatic heterocycles. The number of benzene rings is 1. The average molecular weight is 349 g/mol. The van der Waals surface area contributed by atoms with Crippen LogP contribution in [0.1, 0.15) is 28.3 Å². The summed E-state index contributed by atoms with van der Waals surface area (Å²) in [6.07, 6.45) is 2.53. The van der Waals surface area contributed by atoms with Gasteiger partial charge in [0.25, 0.3) is 10.0 Å². The van der Waals surface area contributed by atoms with Crippen molar-refractivity contribution in [2.75, 3.05) is 12.9 Å². The fourth-order valence-corrected chi connectivity index (χ4v) is 3.53. The number of carbonyl (C=O) groups excluding carboxylic acids is 1. The van der Waals surface area contributed by atoms with Gasteiger partial charge in [0.15, 0.2) is 0 Å². The lowest BCUT2D eigenvalue weighted by Crippen LogP contribution is -2.33. The normalized spacial score (nSPS) is 15.4. The molecule has 0 spiro atoms. The van der Waals surface area contributed by atoms with Gasteiger partial charge in [0.2, 0.25) is 5.91 Å². The molecule has 24 heavy (non-hydrogen) atoms. The molecule has 2 aromatic rings. The number of nitrogens with zero attached hydrogens (tertiary/aromatic N) is 3. The molecule has 128 valence electrons. The highest BCUT2D eigenvalue weighted by Crippen LogP contribution is 2.28. The van der Waals surface area contributed by atoms with Gasteiger partial charge in [-0.1, -0.05) is 24.3 Å². The number of rotatable bonds is 4. The van der Waals surface area contributed by atoms with E-state index in [1.165, 1.54) is 6.20 Å². The number of amides is 1. The van der Waals surface area contributed by atoms with Gasteiger partial charge in [-0.15, -0.1) is 0 Å². The maximum Gasteiger partial charge on any atom is 0.250 e. The van der Waals surface area contributed by atoms with Crippen LogP contribution < -0.4 is 0 Å². The maximum atomic E-state index is 12.8. The molecule has 0 saturated carbocycles. The fraction of sp³-hybridized carbons (Fsp3) is 0.375. The molecule has 7 nitrogen and oxygen atoms in total. The Kier molecular flexibility index (Phi) is 4.18. The van der Waals surface area contributed by atoms with E-state index in [-0.39, 0.29) is 19.1 Å². The van der Waals surface area contributed by atoms with Gasteiger partial charge in [-0.25, -0.2) is 8.42 Å². The average Bonchev–Trinajstić information content (AvgIpc) is 3.08. The molecule has 0 unspecified atom stereocenters. The van der Waals surface area contributed by atoms with E-state index in [0.717, 1.165) is 27.0 Å². The van der Waals surface area contributed by atoms with Crippen molar-refractivity contribution < 1.29 is 18.3 Å². The molecular formula is C16H19N3O4S. The van der Waals surface area contributed by atoms with Gasteiger partial charge in [0.05, 0.1) is 31.0 Å². The third-order valence-electron chi connectivity index (χ3n) is 4.25. The lowest BCUT2D eigenvalue weighted by atomic mass is 9.94. The zero-order chi connectivity index (χ0) is 17.5. The summed E-state index contributed by atoms with van der Waals surface area (Å²) in [4.78, 5) is 14.4. The highest BCUT2D eigenvalue weighted by atomic mass is 32.2. The highest BCUT2D eigenvalue weighted by Gasteiger charge is 2.32. The minimum atomic E-state index is -3.43. The van der Waals surface area contributed by atoms with E-state index in [4.69, 9.17) is 0 Å². The van der Waals surface area contributed by atoms with Crippen LogP contribution in [0.25, 0.3) is 0 Å². The van der Waals surface area contributed by atoms with E-state index >= 15 is 0 Å². The molecule has 2 heterocycles. The Balaban J connectivity index is 1.81. The number of aryl methyl sites for hydroxylation is 1. The summed E-state index contributed by atoms with van der Waals surface area (Å²) in [6.45, 7) is 2.17. The number of aliphatic hydroxyl groups excluding tert-OH is 1. The smallest absolute Gasteiger partial charge is 0.250 e. The van der Waals surface area contributed by atoms with Crippen molar-refractivity contribution in [2.24, 2.45) is 0 Å². The molecule has 0 aliphatic carbocycles. The first-order chi connectivity index (χ1) is 11.3. The summed E-state index contributed by atoms with van der Waals surface area (Å²) in [5, 5.41) is 13.7. The van der Waals surface area contributed by atoms with E-state index < -0.39 is 15.9 Å². The maximum absolute atomic E-state index is 12.8. The van der Waals surface area contributed by atoms with Gasteiger partial charge < -0.3 is 10.0 Å². The van der Waals surface area contributed by atoms with E-state index in [2.05, 4.69) is 5.10 Å². The van der Waals surface area contributed by atoms with Crippen LogP contribution in [0.3, 0.4) is 0 Å². The summed E-state index contributed by atoms with van der Waals surface area (Å²) >= 11 is 0. The van der Waals surface area contributed by atoms with Crippen molar-refractivity contribution >= 4 is 15.9 Å². The Morgan fingerprint density at radius 3 is 2.62 bits per heavy atom. The Hall–Kier alpha value is -2.19. The predicted octanol–water partition coefficient (Wildman–Crippen LogP) is 0.618.